The van der Waals surface area contributed by atoms with Crippen LogP contribution in [0.1, 0.15) is 24.5 Å². The summed E-state index contributed by atoms with van der Waals surface area (Å²) in [5, 5.41) is 2.84. The highest BCUT2D eigenvalue weighted by molar-refractivity contribution is 5.99. The van der Waals surface area contributed by atoms with Crippen molar-refractivity contribution in [2.45, 2.75) is 26.2 Å². The molecule has 3 N–H and O–H groups in total. The number of amides is 1. The number of nitrogens with two attached hydrogens (primary N) is 1. The third-order valence-electron chi connectivity index (χ3n) is 3.23. The molecule has 0 spiro atoms. The van der Waals surface area contributed by atoms with Crippen molar-refractivity contribution in [2.24, 2.45) is 11.7 Å². The van der Waals surface area contributed by atoms with Gasteiger partial charge in [-0.3, -0.25) is 4.79 Å². The largest absolute Gasteiger partial charge is 0.330 e. The predicted octanol–water partition coefficient (Wildman–Crippen LogP) is 1.71. The Bertz CT molecular complexity index is 397. The fourth-order valence-corrected chi connectivity index (χ4v) is 2.14. The van der Waals surface area contributed by atoms with Gasteiger partial charge < -0.3 is 11.1 Å². The van der Waals surface area contributed by atoms with Gasteiger partial charge in [-0.2, -0.15) is 0 Å². The predicted molar refractivity (Wildman–Crippen MR) is 65.3 cm³/mol. The van der Waals surface area contributed by atoms with Crippen LogP contribution >= 0.6 is 0 Å². The molecule has 16 heavy (non-hydrogen) atoms. The molecule has 1 aliphatic rings. The van der Waals surface area contributed by atoms with Gasteiger partial charge >= 0.3 is 0 Å². The molecule has 1 aromatic carbocycles. The van der Waals surface area contributed by atoms with Crippen LogP contribution in [0, 0.1) is 5.92 Å². The zero-order valence-corrected chi connectivity index (χ0v) is 9.62. The molecular weight excluding hydrogens is 200 g/mol. The Morgan fingerprint density at radius 2 is 2.31 bits per heavy atom. The zero-order chi connectivity index (χ0) is 11.5. The van der Waals surface area contributed by atoms with E-state index in [1.54, 1.807) is 0 Å². The number of hydrogen-bond donors (Lipinski definition) is 2. The number of nitrogens with one attached hydrogen (secondary N) is 1. The molecule has 0 saturated carbocycles. The van der Waals surface area contributed by atoms with Crippen molar-refractivity contribution in [1.29, 1.82) is 0 Å². The van der Waals surface area contributed by atoms with Crippen LogP contribution in [0.15, 0.2) is 18.2 Å². The van der Waals surface area contributed by atoms with Gasteiger partial charge in [0.2, 0.25) is 5.91 Å². The zero-order valence-electron chi connectivity index (χ0n) is 9.62. The smallest absolute Gasteiger partial charge is 0.228 e. The normalized spacial score (nSPS) is 15.8. The summed E-state index contributed by atoms with van der Waals surface area (Å²) < 4.78 is 0. The van der Waals surface area contributed by atoms with Crippen molar-refractivity contribution < 1.29 is 4.79 Å². The molecule has 0 fully saturated rings. The van der Waals surface area contributed by atoms with Gasteiger partial charge in [0.1, 0.15) is 0 Å². The molecule has 86 valence electrons. The molecule has 1 aliphatic heterocycles. The van der Waals surface area contributed by atoms with E-state index in [4.69, 9.17) is 5.73 Å². The Kier molecular flexibility index (Phi) is 3.25. The average molecular weight is 218 g/mol. The molecule has 2 rings (SSSR count). The second-order valence-electron chi connectivity index (χ2n) is 4.43. The van der Waals surface area contributed by atoms with Crippen molar-refractivity contribution in [3.8, 4) is 0 Å². The van der Waals surface area contributed by atoms with Crippen molar-refractivity contribution >= 4 is 11.6 Å². The maximum absolute atomic E-state index is 11.2. The van der Waals surface area contributed by atoms with E-state index in [9.17, 15) is 4.79 Å². The van der Waals surface area contributed by atoms with E-state index >= 15 is 0 Å². The fraction of sp³-hybridized carbons (Fsp3) is 0.462. The lowest BCUT2D eigenvalue weighted by Crippen LogP contribution is -2.15. The monoisotopic (exact) mass is 218 g/mol. The maximum atomic E-state index is 11.2. The molecule has 0 aromatic heterocycles. The number of carbonyl (C=O) groups excluding carboxylic acids is 1. The van der Waals surface area contributed by atoms with E-state index in [2.05, 4.69) is 24.4 Å². The Balaban J connectivity index is 2.13. The minimum atomic E-state index is 0.0954. The summed E-state index contributed by atoms with van der Waals surface area (Å²) in [4.78, 5) is 11.2. The average Bonchev–Trinajstić information content (AvgIpc) is 2.65. The van der Waals surface area contributed by atoms with Crippen LogP contribution in [0.3, 0.4) is 0 Å². The Morgan fingerprint density at radius 1 is 1.50 bits per heavy atom. The van der Waals surface area contributed by atoms with Gasteiger partial charge in [0.25, 0.3) is 0 Å². The minimum Gasteiger partial charge on any atom is -0.330 e. The number of hydrogen-bond acceptors (Lipinski definition) is 2. The lowest BCUT2D eigenvalue weighted by atomic mass is 9.95. The van der Waals surface area contributed by atoms with Gasteiger partial charge in [0, 0.05) is 5.69 Å². The second-order valence-corrected chi connectivity index (χ2v) is 4.43. The first-order chi connectivity index (χ1) is 7.72. The quantitative estimate of drug-likeness (QED) is 0.808. The SMILES string of the molecule is CCC(CN)Cc1ccc2c(c1)CC(=O)N2. The highest BCUT2D eigenvalue weighted by Crippen LogP contribution is 2.25. The van der Waals surface area contributed by atoms with Crippen molar-refractivity contribution in [3.05, 3.63) is 29.3 Å². The van der Waals surface area contributed by atoms with Crippen LogP contribution in [0.5, 0.6) is 0 Å². The van der Waals surface area contributed by atoms with Gasteiger partial charge in [-0.15, -0.1) is 0 Å². The van der Waals surface area contributed by atoms with E-state index in [0.29, 0.717) is 12.3 Å². The number of anilines is 1. The summed E-state index contributed by atoms with van der Waals surface area (Å²) in [6.45, 7) is 2.89. The molecule has 0 radical (unpaired) electrons. The molecule has 1 heterocycles. The standard InChI is InChI=1S/C13H18N2O/c1-2-9(8-14)5-10-3-4-12-11(6-10)7-13(16)15-12/h3-4,6,9H,2,5,7-8,14H2,1H3,(H,15,16). The van der Waals surface area contributed by atoms with Crippen LogP contribution in [0.25, 0.3) is 0 Å². The van der Waals surface area contributed by atoms with Crippen molar-refractivity contribution in [3.63, 3.8) is 0 Å². The first kappa shape index (κ1) is 11.1. The number of rotatable bonds is 4. The molecule has 0 saturated heterocycles. The molecule has 3 nitrogen and oxygen atoms in total. The van der Waals surface area contributed by atoms with Crippen molar-refractivity contribution in [2.75, 3.05) is 11.9 Å². The van der Waals surface area contributed by atoms with E-state index in [0.717, 1.165) is 30.6 Å². The maximum Gasteiger partial charge on any atom is 0.228 e. The van der Waals surface area contributed by atoms with Crippen LogP contribution in [-0.4, -0.2) is 12.5 Å². The number of benzene rings is 1. The number of fused-ring (bicyclic) bond motifs is 1. The molecule has 0 bridgehead atoms. The lowest BCUT2D eigenvalue weighted by molar-refractivity contribution is -0.115. The topological polar surface area (TPSA) is 55.1 Å². The molecule has 3 heteroatoms. The van der Waals surface area contributed by atoms with Gasteiger partial charge in [-0.05, 0) is 36.1 Å². The second kappa shape index (κ2) is 4.66. The summed E-state index contributed by atoms with van der Waals surface area (Å²) in [7, 11) is 0. The summed E-state index contributed by atoms with van der Waals surface area (Å²) in [6.07, 6.45) is 2.63. The van der Waals surface area contributed by atoms with Gasteiger partial charge in [-0.1, -0.05) is 25.5 Å². The summed E-state index contributed by atoms with van der Waals surface area (Å²) in [5.74, 6) is 0.640. The van der Waals surface area contributed by atoms with E-state index < -0.39 is 0 Å². The molecule has 1 atom stereocenters. The minimum absolute atomic E-state index is 0.0954. The number of carbonyl (C=O) groups is 1. The van der Waals surface area contributed by atoms with Gasteiger partial charge in [0.15, 0.2) is 0 Å². The first-order valence-electron chi connectivity index (χ1n) is 5.84. The summed E-state index contributed by atoms with van der Waals surface area (Å²) >= 11 is 0. The van der Waals surface area contributed by atoms with E-state index in [1.807, 2.05) is 6.07 Å². The molecule has 1 amide bonds. The summed E-state index contributed by atoms with van der Waals surface area (Å²) in [5.41, 5.74) is 9.07. The Morgan fingerprint density at radius 3 is 3.00 bits per heavy atom. The van der Waals surface area contributed by atoms with E-state index in [-0.39, 0.29) is 5.91 Å². The van der Waals surface area contributed by atoms with Crippen LogP contribution in [0.2, 0.25) is 0 Å². The molecular formula is C13H18N2O. The van der Waals surface area contributed by atoms with E-state index in [1.165, 1.54) is 5.56 Å². The summed E-state index contributed by atoms with van der Waals surface area (Å²) in [6, 6.07) is 6.22. The highest BCUT2D eigenvalue weighted by atomic mass is 16.1. The molecule has 1 aromatic rings. The third-order valence-corrected chi connectivity index (χ3v) is 3.23. The van der Waals surface area contributed by atoms with Crippen LogP contribution < -0.4 is 11.1 Å². The highest BCUT2D eigenvalue weighted by Gasteiger charge is 2.17. The fourth-order valence-electron chi connectivity index (χ4n) is 2.14. The van der Waals surface area contributed by atoms with Gasteiger partial charge in [0.05, 0.1) is 6.42 Å². The van der Waals surface area contributed by atoms with Crippen molar-refractivity contribution in [1.82, 2.24) is 0 Å². The van der Waals surface area contributed by atoms with Crippen LogP contribution in [-0.2, 0) is 17.6 Å². The molecule has 0 aliphatic carbocycles. The van der Waals surface area contributed by atoms with Gasteiger partial charge in [-0.25, -0.2) is 0 Å². The van der Waals surface area contributed by atoms with Crippen LogP contribution in [0.4, 0.5) is 5.69 Å². The Labute approximate surface area is 96.0 Å². The lowest BCUT2D eigenvalue weighted by Gasteiger charge is -2.12. The molecule has 1 unspecified atom stereocenters. The first-order valence-corrected chi connectivity index (χ1v) is 5.84. The third kappa shape index (κ3) is 2.25. The Hall–Kier alpha value is -1.35.